The van der Waals surface area contributed by atoms with Crippen molar-refractivity contribution in [1.29, 1.82) is 0 Å². The van der Waals surface area contributed by atoms with Gasteiger partial charge in [0.25, 0.3) is 0 Å². The largest absolute Gasteiger partial charge is 0.481 e. The molecular formula is C12H16N2O5S. The Kier molecular flexibility index (Phi) is 5.63. The van der Waals surface area contributed by atoms with E-state index < -0.39 is 17.8 Å². The number of nitrogens with one attached hydrogen (secondary N) is 1. The molecule has 0 radical (unpaired) electrons. The van der Waals surface area contributed by atoms with Gasteiger partial charge in [0.05, 0.1) is 12.1 Å². The Morgan fingerprint density at radius 3 is 2.40 bits per heavy atom. The van der Waals surface area contributed by atoms with E-state index in [-0.39, 0.29) is 28.8 Å². The molecule has 0 atom stereocenters. The normalized spacial score (nSPS) is 10.6. The lowest BCUT2D eigenvalue weighted by molar-refractivity contribution is -0.138. The summed E-state index contributed by atoms with van der Waals surface area (Å²) in [4.78, 5) is 37.1. The number of hydrogen-bond donors (Lipinski definition) is 3. The first-order chi connectivity index (χ1) is 9.29. The van der Waals surface area contributed by atoms with Gasteiger partial charge >= 0.3 is 11.9 Å². The van der Waals surface area contributed by atoms with Crippen molar-refractivity contribution in [3.8, 4) is 0 Å². The highest BCUT2D eigenvalue weighted by molar-refractivity contribution is 7.17. The molecule has 20 heavy (non-hydrogen) atoms. The average molecular weight is 300 g/mol. The topological polar surface area (TPSA) is 117 Å². The first kappa shape index (κ1) is 16.1. The molecule has 110 valence electrons. The third kappa shape index (κ3) is 4.96. The van der Waals surface area contributed by atoms with Crippen LogP contribution in [0.4, 0.5) is 5.13 Å². The van der Waals surface area contributed by atoms with Crippen LogP contribution < -0.4 is 5.32 Å². The average Bonchev–Trinajstić information content (AvgIpc) is 2.68. The molecule has 0 bridgehead atoms. The van der Waals surface area contributed by atoms with Gasteiger partial charge < -0.3 is 15.5 Å². The summed E-state index contributed by atoms with van der Waals surface area (Å²) in [5.41, 5.74) is 0.436. The number of hydrogen-bond acceptors (Lipinski definition) is 5. The van der Waals surface area contributed by atoms with Crippen LogP contribution in [0.2, 0.25) is 0 Å². The number of thiazole rings is 1. The molecule has 1 aromatic rings. The molecule has 0 spiro atoms. The minimum Gasteiger partial charge on any atom is -0.481 e. The monoisotopic (exact) mass is 300 g/mol. The van der Waals surface area contributed by atoms with Crippen molar-refractivity contribution in [3.63, 3.8) is 0 Å². The number of carboxylic acid groups (broad SMARTS) is 2. The van der Waals surface area contributed by atoms with Gasteiger partial charge in [0, 0.05) is 6.42 Å². The maximum atomic E-state index is 11.5. The lowest BCUT2D eigenvalue weighted by atomic mass is 10.1. The predicted octanol–water partition coefficient (Wildman–Crippen LogP) is 1.84. The van der Waals surface area contributed by atoms with E-state index in [0.29, 0.717) is 12.1 Å². The van der Waals surface area contributed by atoms with Gasteiger partial charge in [-0.15, -0.1) is 0 Å². The zero-order valence-corrected chi connectivity index (χ0v) is 12.0. The van der Waals surface area contributed by atoms with Crippen LogP contribution in [-0.2, 0) is 16.0 Å². The standard InChI is InChI=1S/C12H16N2O5S/c1-6(2)5-7-10(11(18)19)20-12(13-7)14-8(15)3-4-9(16)17/h6H,3-5H2,1-2H3,(H,16,17)(H,18,19)(H,13,14,15). The number of amides is 1. The number of carboxylic acids is 2. The van der Waals surface area contributed by atoms with Crippen LogP contribution in [0.15, 0.2) is 0 Å². The first-order valence-corrected chi connectivity index (χ1v) is 6.86. The van der Waals surface area contributed by atoms with Gasteiger partial charge in [-0.3, -0.25) is 9.59 Å². The molecule has 0 aromatic carbocycles. The zero-order chi connectivity index (χ0) is 15.3. The number of carbonyl (C=O) groups excluding carboxylic acids is 1. The second-order valence-corrected chi connectivity index (χ2v) is 5.64. The molecule has 1 aromatic heterocycles. The lowest BCUT2D eigenvalue weighted by Crippen LogP contribution is -2.13. The molecule has 0 aliphatic heterocycles. The first-order valence-electron chi connectivity index (χ1n) is 6.04. The van der Waals surface area contributed by atoms with Gasteiger partial charge in [0.2, 0.25) is 5.91 Å². The Bertz CT molecular complexity index is 524. The molecule has 1 amide bonds. The van der Waals surface area contributed by atoms with Gasteiger partial charge in [-0.2, -0.15) is 0 Å². The molecule has 3 N–H and O–H groups in total. The number of rotatable bonds is 7. The quantitative estimate of drug-likeness (QED) is 0.707. The maximum Gasteiger partial charge on any atom is 0.347 e. The van der Waals surface area contributed by atoms with Crippen LogP contribution in [-0.4, -0.2) is 33.0 Å². The predicted molar refractivity (Wildman–Crippen MR) is 73.1 cm³/mol. The van der Waals surface area contributed by atoms with Gasteiger partial charge in [-0.1, -0.05) is 25.2 Å². The Morgan fingerprint density at radius 1 is 1.25 bits per heavy atom. The van der Waals surface area contributed by atoms with E-state index in [2.05, 4.69) is 10.3 Å². The van der Waals surface area contributed by atoms with Gasteiger partial charge in [0.15, 0.2) is 5.13 Å². The minimum atomic E-state index is -1.08. The molecule has 0 saturated heterocycles. The summed E-state index contributed by atoms with van der Waals surface area (Å²) in [5, 5.41) is 20.2. The fourth-order valence-electron chi connectivity index (χ4n) is 1.50. The van der Waals surface area contributed by atoms with E-state index in [1.54, 1.807) is 0 Å². The third-order valence-corrected chi connectivity index (χ3v) is 3.31. The van der Waals surface area contributed by atoms with Crippen LogP contribution in [0.3, 0.4) is 0 Å². The van der Waals surface area contributed by atoms with Crippen molar-refractivity contribution in [2.24, 2.45) is 5.92 Å². The molecule has 0 aliphatic carbocycles. The number of anilines is 1. The van der Waals surface area contributed by atoms with Crippen molar-refractivity contribution in [1.82, 2.24) is 4.98 Å². The van der Waals surface area contributed by atoms with E-state index in [1.807, 2.05) is 13.8 Å². The highest BCUT2D eigenvalue weighted by Crippen LogP contribution is 2.25. The van der Waals surface area contributed by atoms with Crippen LogP contribution in [0, 0.1) is 5.92 Å². The summed E-state index contributed by atoms with van der Waals surface area (Å²) in [7, 11) is 0. The highest BCUT2D eigenvalue weighted by Gasteiger charge is 2.19. The van der Waals surface area contributed by atoms with Crippen LogP contribution in [0.5, 0.6) is 0 Å². The summed E-state index contributed by atoms with van der Waals surface area (Å²) in [6.45, 7) is 3.88. The van der Waals surface area contributed by atoms with Crippen molar-refractivity contribution in [2.75, 3.05) is 5.32 Å². The molecule has 1 heterocycles. The smallest absolute Gasteiger partial charge is 0.347 e. The molecule has 0 unspecified atom stereocenters. The Balaban J connectivity index is 2.78. The maximum absolute atomic E-state index is 11.5. The Labute approximate surface area is 119 Å². The van der Waals surface area contributed by atoms with Crippen molar-refractivity contribution >= 4 is 34.3 Å². The van der Waals surface area contributed by atoms with Gasteiger partial charge in [0.1, 0.15) is 4.88 Å². The number of aromatic carboxylic acids is 1. The molecule has 0 saturated carbocycles. The number of aromatic nitrogens is 1. The Hall–Kier alpha value is -1.96. The SMILES string of the molecule is CC(C)Cc1nc(NC(=O)CCC(=O)O)sc1C(=O)O. The van der Waals surface area contributed by atoms with Crippen LogP contribution >= 0.6 is 11.3 Å². The summed E-state index contributed by atoms with van der Waals surface area (Å²) in [6, 6.07) is 0. The molecular weight excluding hydrogens is 284 g/mol. The fourth-order valence-corrected chi connectivity index (χ4v) is 2.35. The zero-order valence-electron chi connectivity index (χ0n) is 11.2. The van der Waals surface area contributed by atoms with E-state index in [4.69, 9.17) is 10.2 Å². The van der Waals surface area contributed by atoms with Crippen LogP contribution in [0.1, 0.15) is 42.1 Å². The summed E-state index contributed by atoms with van der Waals surface area (Å²) in [5.74, 6) is -2.39. The second-order valence-electron chi connectivity index (χ2n) is 4.64. The number of aliphatic carboxylic acids is 1. The molecule has 8 heteroatoms. The number of carbonyl (C=O) groups is 3. The Morgan fingerprint density at radius 2 is 1.90 bits per heavy atom. The summed E-state index contributed by atoms with van der Waals surface area (Å²) in [6.07, 6.45) is 0.0574. The number of nitrogens with zero attached hydrogens (tertiary/aromatic N) is 1. The van der Waals surface area contributed by atoms with Gasteiger partial charge in [-0.05, 0) is 12.3 Å². The molecule has 7 nitrogen and oxygen atoms in total. The van der Waals surface area contributed by atoms with Crippen molar-refractivity contribution in [3.05, 3.63) is 10.6 Å². The second kappa shape index (κ2) is 6.99. The van der Waals surface area contributed by atoms with E-state index >= 15 is 0 Å². The van der Waals surface area contributed by atoms with Crippen molar-refractivity contribution < 1.29 is 24.6 Å². The lowest BCUT2D eigenvalue weighted by Gasteiger charge is -2.01. The highest BCUT2D eigenvalue weighted by atomic mass is 32.1. The van der Waals surface area contributed by atoms with Crippen LogP contribution in [0.25, 0.3) is 0 Å². The van der Waals surface area contributed by atoms with E-state index in [0.717, 1.165) is 11.3 Å². The van der Waals surface area contributed by atoms with Gasteiger partial charge in [-0.25, -0.2) is 9.78 Å². The molecule has 0 fully saturated rings. The summed E-state index contributed by atoms with van der Waals surface area (Å²) < 4.78 is 0. The van der Waals surface area contributed by atoms with Crippen molar-refractivity contribution in [2.45, 2.75) is 33.1 Å². The molecule has 1 rings (SSSR count). The fraction of sp³-hybridized carbons (Fsp3) is 0.500. The summed E-state index contributed by atoms with van der Waals surface area (Å²) >= 11 is 0.882. The minimum absolute atomic E-state index is 0.104. The van der Waals surface area contributed by atoms with E-state index in [1.165, 1.54) is 0 Å². The van der Waals surface area contributed by atoms with E-state index in [9.17, 15) is 14.4 Å². The third-order valence-electron chi connectivity index (χ3n) is 2.31. The molecule has 0 aliphatic rings.